The molecular weight excluding hydrogens is 224 g/mol. The number of aliphatic hydroxyl groups is 1. The smallest absolute Gasteiger partial charge is 0.306 e. The largest absolute Gasteiger partial charge is 0.481 e. The average Bonchev–Trinajstić information content (AvgIpc) is 2.86. The summed E-state index contributed by atoms with van der Waals surface area (Å²) in [5, 5.41) is 23.9. The number of hydrogen-bond donors (Lipinski definition) is 4. The Bertz CT molecular complexity index is 321. The van der Waals surface area contributed by atoms with E-state index in [0.717, 1.165) is 6.42 Å². The molecule has 0 aromatic rings. The second-order valence-corrected chi connectivity index (χ2v) is 4.90. The normalized spacial score (nSPS) is 37.0. The predicted molar refractivity (Wildman–Crippen MR) is 59.3 cm³/mol. The third-order valence-electron chi connectivity index (χ3n) is 3.55. The molecule has 17 heavy (non-hydrogen) atoms. The van der Waals surface area contributed by atoms with Gasteiger partial charge in [-0.3, -0.25) is 9.59 Å². The van der Waals surface area contributed by atoms with Gasteiger partial charge in [-0.1, -0.05) is 0 Å². The van der Waals surface area contributed by atoms with Crippen LogP contribution >= 0.6 is 0 Å². The van der Waals surface area contributed by atoms with Gasteiger partial charge in [0.05, 0.1) is 18.1 Å². The zero-order valence-corrected chi connectivity index (χ0v) is 9.56. The fraction of sp³-hybridized carbons (Fsp3) is 0.818. The minimum Gasteiger partial charge on any atom is -0.481 e. The summed E-state index contributed by atoms with van der Waals surface area (Å²) in [5.74, 6) is -1.24. The van der Waals surface area contributed by atoms with Crippen LogP contribution in [0.15, 0.2) is 0 Å². The van der Waals surface area contributed by atoms with E-state index in [9.17, 15) is 14.7 Å². The van der Waals surface area contributed by atoms with E-state index in [0.29, 0.717) is 25.8 Å². The monoisotopic (exact) mass is 242 g/mol. The highest BCUT2D eigenvalue weighted by molar-refractivity contribution is 5.82. The average molecular weight is 242 g/mol. The summed E-state index contributed by atoms with van der Waals surface area (Å²) < 4.78 is 0. The van der Waals surface area contributed by atoms with Crippen LogP contribution in [0.4, 0.5) is 0 Å². The van der Waals surface area contributed by atoms with Gasteiger partial charge in [-0.05, 0) is 25.7 Å². The molecule has 1 aliphatic carbocycles. The van der Waals surface area contributed by atoms with Crippen molar-refractivity contribution in [2.75, 3.05) is 6.54 Å². The van der Waals surface area contributed by atoms with Crippen molar-refractivity contribution < 1.29 is 19.8 Å². The first-order chi connectivity index (χ1) is 8.06. The number of carboxylic acid groups (broad SMARTS) is 1. The molecule has 1 amide bonds. The van der Waals surface area contributed by atoms with E-state index in [-0.39, 0.29) is 23.9 Å². The number of β-amino-alcohol motifs (C(OH)–C–C–N with tert-alkyl or cyclic N) is 1. The third kappa shape index (κ3) is 2.95. The van der Waals surface area contributed by atoms with Crippen molar-refractivity contribution >= 4 is 11.9 Å². The Balaban J connectivity index is 1.78. The van der Waals surface area contributed by atoms with Gasteiger partial charge in [-0.2, -0.15) is 0 Å². The number of nitrogens with one attached hydrogen (secondary N) is 2. The highest BCUT2D eigenvalue weighted by Crippen LogP contribution is 2.25. The zero-order valence-electron chi connectivity index (χ0n) is 9.56. The summed E-state index contributed by atoms with van der Waals surface area (Å²) in [5.41, 5.74) is 0. The van der Waals surface area contributed by atoms with Gasteiger partial charge in [0, 0.05) is 12.6 Å². The summed E-state index contributed by atoms with van der Waals surface area (Å²) in [6.07, 6.45) is 1.83. The van der Waals surface area contributed by atoms with Crippen LogP contribution in [-0.4, -0.2) is 46.8 Å². The number of amides is 1. The molecule has 0 aromatic carbocycles. The lowest BCUT2D eigenvalue weighted by Gasteiger charge is -2.16. The molecule has 1 saturated carbocycles. The molecule has 6 nitrogen and oxygen atoms in total. The van der Waals surface area contributed by atoms with Crippen LogP contribution in [0, 0.1) is 5.92 Å². The van der Waals surface area contributed by atoms with Gasteiger partial charge in [-0.25, -0.2) is 0 Å². The first-order valence-corrected chi connectivity index (χ1v) is 6.01. The van der Waals surface area contributed by atoms with E-state index in [1.54, 1.807) is 0 Å². The Labute approximate surface area is 99.4 Å². The molecule has 2 unspecified atom stereocenters. The van der Waals surface area contributed by atoms with Crippen LogP contribution in [0.2, 0.25) is 0 Å². The van der Waals surface area contributed by atoms with Gasteiger partial charge >= 0.3 is 5.97 Å². The predicted octanol–water partition coefficient (Wildman–Crippen LogP) is -0.921. The molecule has 1 aliphatic heterocycles. The minimum atomic E-state index is -0.781. The van der Waals surface area contributed by atoms with Crippen LogP contribution in [0.25, 0.3) is 0 Å². The molecule has 1 saturated heterocycles. The van der Waals surface area contributed by atoms with Crippen molar-refractivity contribution in [3.8, 4) is 0 Å². The van der Waals surface area contributed by atoms with Crippen molar-refractivity contribution in [2.24, 2.45) is 5.92 Å². The SMILES string of the molecule is O=C(N[C@H]1CC[C@@H](C(=O)O)C1)C1CC(O)CN1. The van der Waals surface area contributed by atoms with Crippen molar-refractivity contribution in [1.29, 1.82) is 0 Å². The fourth-order valence-electron chi connectivity index (χ4n) is 2.56. The zero-order chi connectivity index (χ0) is 12.4. The van der Waals surface area contributed by atoms with Crippen LogP contribution in [0.5, 0.6) is 0 Å². The second kappa shape index (κ2) is 5.01. The molecule has 4 atom stereocenters. The summed E-state index contributed by atoms with van der Waals surface area (Å²) in [6.45, 7) is 0.445. The molecular formula is C11H18N2O4. The van der Waals surface area contributed by atoms with Crippen LogP contribution < -0.4 is 10.6 Å². The molecule has 2 rings (SSSR count). The summed E-state index contributed by atoms with van der Waals surface area (Å²) in [7, 11) is 0. The molecule has 2 aliphatic rings. The van der Waals surface area contributed by atoms with Crippen molar-refractivity contribution in [1.82, 2.24) is 10.6 Å². The van der Waals surface area contributed by atoms with E-state index in [4.69, 9.17) is 5.11 Å². The molecule has 4 N–H and O–H groups in total. The minimum absolute atomic E-state index is 0.0388. The topological polar surface area (TPSA) is 98.7 Å². The van der Waals surface area contributed by atoms with Crippen molar-refractivity contribution in [3.05, 3.63) is 0 Å². The molecule has 2 fully saturated rings. The van der Waals surface area contributed by atoms with Crippen molar-refractivity contribution in [2.45, 2.75) is 43.9 Å². The molecule has 96 valence electrons. The van der Waals surface area contributed by atoms with Crippen LogP contribution in [0.1, 0.15) is 25.7 Å². The van der Waals surface area contributed by atoms with E-state index < -0.39 is 12.1 Å². The maximum absolute atomic E-state index is 11.8. The molecule has 0 radical (unpaired) electrons. The number of hydrogen-bond acceptors (Lipinski definition) is 4. The second-order valence-electron chi connectivity index (χ2n) is 4.90. The van der Waals surface area contributed by atoms with E-state index >= 15 is 0 Å². The lowest BCUT2D eigenvalue weighted by Crippen LogP contribution is -2.44. The molecule has 1 heterocycles. The fourth-order valence-corrected chi connectivity index (χ4v) is 2.56. The maximum atomic E-state index is 11.8. The number of aliphatic hydroxyl groups excluding tert-OH is 1. The van der Waals surface area contributed by atoms with E-state index in [2.05, 4.69) is 10.6 Å². The number of carbonyl (C=O) groups is 2. The summed E-state index contributed by atoms with van der Waals surface area (Å²) in [4.78, 5) is 22.6. The van der Waals surface area contributed by atoms with E-state index in [1.165, 1.54) is 0 Å². The highest BCUT2D eigenvalue weighted by atomic mass is 16.4. The Morgan fingerprint density at radius 2 is 2.00 bits per heavy atom. The number of rotatable bonds is 3. The lowest BCUT2D eigenvalue weighted by molar-refractivity contribution is -0.141. The quantitative estimate of drug-likeness (QED) is 0.513. The van der Waals surface area contributed by atoms with Gasteiger partial charge in [0.25, 0.3) is 0 Å². The highest BCUT2D eigenvalue weighted by Gasteiger charge is 2.33. The first-order valence-electron chi connectivity index (χ1n) is 6.01. The van der Waals surface area contributed by atoms with Gasteiger partial charge in [0.2, 0.25) is 5.91 Å². The molecule has 0 bridgehead atoms. The van der Waals surface area contributed by atoms with Gasteiger partial charge in [0.1, 0.15) is 0 Å². The first kappa shape index (κ1) is 12.3. The van der Waals surface area contributed by atoms with E-state index in [1.807, 2.05) is 0 Å². The Morgan fingerprint density at radius 3 is 2.53 bits per heavy atom. The Hall–Kier alpha value is -1.14. The molecule has 6 heteroatoms. The van der Waals surface area contributed by atoms with Gasteiger partial charge in [-0.15, -0.1) is 0 Å². The molecule has 0 aromatic heterocycles. The lowest BCUT2D eigenvalue weighted by atomic mass is 10.1. The Kier molecular flexibility index (Phi) is 3.63. The molecule has 0 spiro atoms. The summed E-state index contributed by atoms with van der Waals surface area (Å²) >= 11 is 0. The van der Waals surface area contributed by atoms with Gasteiger partial charge in [0.15, 0.2) is 0 Å². The maximum Gasteiger partial charge on any atom is 0.306 e. The number of aliphatic carboxylic acids is 1. The van der Waals surface area contributed by atoms with Gasteiger partial charge < -0.3 is 20.8 Å². The Morgan fingerprint density at radius 1 is 1.24 bits per heavy atom. The van der Waals surface area contributed by atoms with Crippen molar-refractivity contribution in [3.63, 3.8) is 0 Å². The van der Waals surface area contributed by atoms with Crippen LogP contribution in [0.3, 0.4) is 0 Å². The van der Waals surface area contributed by atoms with Crippen LogP contribution in [-0.2, 0) is 9.59 Å². The summed E-state index contributed by atoms with van der Waals surface area (Å²) in [6, 6.07) is -0.378. The number of carbonyl (C=O) groups excluding carboxylic acids is 1. The number of carboxylic acids is 1. The third-order valence-corrected chi connectivity index (χ3v) is 3.55. The standard InChI is InChI=1S/C11H18N2O4/c14-8-4-9(12-5-8)10(15)13-7-2-1-6(3-7)11(16)17/h6-9,12,14H,1-5H2,(H,13,15)(H,16,17)/t6-,7+,8?,9?/m1/s1.